The highest BCUT2D eigenvalue weighted by Gasteiger charge is 1.98. The molecule has 0 aromatic heterocycles. The third-order valence-corrected chi connectivity index (χ3v) is 1.63. The van der Waals surface area contributed by atoms with Crippen LogP contribution in [-0.2, 0) is 0 Å². The van der Waals surface area contributed by atoms with Gasteiger partial charge in [-0.15, -0.1) is 0 Å². The minimum absolute atomic E-state index is 0.132. The third kappa shape index (κ3) is 2.54. The summed E-state index contributed by atoms with van der Waals surface area (Å²) < 4.78 is 0. The molecule has 0 atom stereocenters. The van der Waals surface area contributed by atoms with Crippen LogP contribution >= 0.6 is 0 Å². The van der Waals surface area contributed by atoms with E-state index in [0.29, 0.717) is 12.8 Å². The Balaban J connectivity index is 2.65. The van der Waals surface area contributed by atoms with Crippen molar-refractivity contribution in [3.8, 4) is 0 Å². The van der Waals surface area contributed by atoms with Crippen molar-refractivity contribution in [2.75, 3.05) is 13.2 Å². The lowest BCUT2D eigenvalue weighted by atomic mass is 10.0. The highest BCUT2D eigenvalue weighted by atomic mass is 16.3. The molecule has 0 heterocycles. The molecule has 0 bridgehead atoms. The number of aliphatic hydroxyl groups is 2. The molecule has 0 fully saturated rings. The van der Waals surface area contributed by atoms with Crippen molar-refractivity contribution in [3.05, 3.63) is 34.8 Å². The summed E-state index contributed by atoms with van der Waals surface area (Å²) in [6.07, 6.45) is 4.99. The van der Waals surface area contributed by atoms with Crippen LogP contribution in [0.25, 0.3) is 0 Å². The normalized spacial score (nSPS) is 14.5. The van der Waals surface area contributed by atoms with Crippen LogP contribution in [0.3, 0.4) is 0 Å². The second kappa shape index (κ2) is 4.76. The Bertz CT molecular complexity index is 274. The fourth-order valence-corrected chi connectivity index (χ4v) is 1.05. The van der Waals surface area contributed by atoms with Gasteiger partial charge in [0.15, 0.2) is 0 Å². The summed E-state index contributed by atoms with van der Waals surface area (Å²) in [5.74, 6) is 0. The molecule has 1 aliphatic carbocycles. The molecule has 0 unspecified atom stereocenters. The first kappa shape index (κ1) is 9.05. The van der Waals surface area contributed by atoms with Gasteiger partial charge in [0.2, 0.25) is 0 Å². The first-order chi connectivity index (χ1) is 5.86. The molecule has 0 spiro atoms. The molecule has 0 amide bonds. The van der Waals surface area contributed by atoms with Gasteiger partial charge >= 0.3 is 0 Å². The number of aliphatic hydroxyl groups excluding tert-OH is 2. The van der Waals surface area contributed by atoms with E-state index in [1.165, 1.54) is 0 Å². The SMILES string of the molecule is OCCC1=C=C=CC(CCO)=C1. The maximum Gasteiger partial charge on any atom is 0.0477 e. The third-order valence-electron chi connectivity index (χ3n) is 1.63. The smallest absolute Gasteiger partial charge is 0.0477 e. The molecule has 2 heteroatoms. The molecule has 0 saturated heterocycles. The van der Waals surface area contributed by atoms with Gasteiger partial charge in [-0.05, 0) is 24.1 Å². The van der Waals surface area contributed by atoms with Gasteiger partial charge in [0.1, 0.15) is 0 Å². The van der Waals surface area contributed by atoms with E-state index in [2.05, 4.69) is 11.5 Å². The van der Waals surface area contributed by atoms with Crippen molar-refractivity contribution in [3.63, 3.8) is 0 Å². The quantitative estimate of drug-likeness (QED) is 0.607. The van der Waals surface area contributed by atoms with Gasteiger partial charge in [0, 0.05) is 25.2 Å². The van der Waals surface area contributed by atoms with Crippen molar-refractivity contribution >= 4 is 0 Å². The molecule has 1 aliphatic rings. The van der Waals surface area contributed by atoms with Gasteiger partial charge < -0.3 is 10.2 Å². The van der Waals surface area contributed by atoms with Crippen LogP contribution in [0.15, 0.2) is 34.8 Å². The highest BCUT2D eigenvalue weighted by molar-refractivity contribution is 5.33. The molecular formula is C10H12O2. The molecule has 64 valence electrons. The average Bonchev–Trinajstić information content (AvgIpc) is 2.06. The second-order valence-corrected chi connectivity index (χ2v) is 2.61. The van der Waals surface area contributed by atoms with Gasteiger partial charge in [-0.1, -0.05) is 11.5 Å². The highest BCUT2D eigenvalue weighted by Crippen LogP contribution is 2.12. The van der Waals surface area contributed by atoms with Crippen LogP contribution in [-0.4, -0.2) is 23.4 Å². The summed E-state index contributed by atoms with van der Waals surface area (Å²) >= 11 is 0. The standard InChI is InChI=1S/C10H12O2/c11-6-4-9-2-1-3-10(8-9)5-7-12/h2,8,11-12H,4-7H2. The first-order valence-electron chi connectivity index (χ1n) is 3.99. The molecule has 0 saturated carbocycles. The summed E-state index contributed by atoms with van der Waals surface area (Å²) in [6.45, 7) is 0.281. The van der Waals surface area contributed by atoms with Crippen molar-refractivity contribution in [2.24, 2.45) is 0 Å². The molecule has 12 heavy (non-hydrogen) atoms. The monoisotopic (exact) mass is 164 g/mol. The number of rotatable bonds is 4. The lowest BCUT2D eigenvalue weighted by Crippen LogP contribution is -1.91. The molecule has 2 N–H and O–H groups in total. The Kier molecular flexibility index (Phi) is 3.59. The van der Waals surface area contributed by atoms with Crippen LogP contribution in [0.4, 0.5) is 0 Å². The van der Waals surface area contributed by atoms with Crippen LogP contribution in [0.1, 0.15) is 12.8 Å². The zero-order valence-corrected chi connectivity index (χ0v) is 6.88. The van der Waals surface area contributed by atoms with Gasteiger partial charge in [-0.2, -0.15) is 0 Å². The minimum atomic E-state index is 0.132. The van der Waals surface area contributed by atoms with Gasteiger partial charge in [0.25, 0.3) is 0 Å². The minimum Gasteiger partial charge on any atom is -0.396 e. The Labute approximate surface area is 71.8 Å². The summed E-state index contributed by atoms with van der Waals surface area (Å²) in [7, 11) is 0. The summed E-state index contributed by atoms with van der Waals surface area (Å²) in [5, 5.41) is 17.3. The van der Waals surface area contributed by atoms with E-state index in [-0.39, 0.29) is 13.2 Å². The molecule has 0 radical (unpaired) electrons. The van der Waals surface area contributed by atoms with E-state index in [4.69, 9.17) is 10.2 Å². The van der Waals surface area contributed by atoms with Crippen LogP contribution in [0, 0.1) is 0 Å². The molecular weight excluding hydrogens is 152 g/mol. The fourth-order valence-electron chi connectivity index (χ4n) is 1.05. The van der Waals surface area contributed by atoms with Crippen LogP contribution < -0.4 is 0 Å². The summed E-state index contributed by atoms with van der Waals surface area (Å²) in [5.41, 5.74) is 7.74. The lowest BCUT2D eigenvalue weighted by Gasteiger charge is -2.02. The maximum atomic E-state index is 8.67. The topological polar surface area (TPSA) is 40.5 Å². The maximum absolute atomic E-state index is 8.67. The first-order valence-corrected chi connectivity index (χ1v) is 3.99. The van der Waals surface area contributed by atoms with Gasteiger partial charge in [0.05, 0.1) is 0 Å². The average molecular weight is 164 g/mol. The number of allylic oxidation sites excluding steroid dienone is 2. The van der Waals surface area contributed by atoms with Crippen molar-refractivity contribution < 1.29 is 10.2 Å². The molecule has 2 nitrogen and oxygen atoms in total. The van der Waals surface area contributed by atoms with E-state index < -0.39 is 0 Å². The number of hydrogen-bond acceptors (Lipinski definition) is 2. The van der Waals surface area contributed by atoms with Crippen LogP contribution in [0.5, 0.6) is 0 Å². The Morgan fingerprint density at radius 3 is 2.58 bits per heavy atom. The van der Waals surface area contributed by atoms with Gasteiger partial charge in [-0.3, -0.25) is 0 Å². The summed E-state index contributed by atoms with van der Waals surface area (Å²) in [4.78, 5) is 0. The summed E-state index contributed by atoms with van der Waals surface area (Å²) in [6, 6.07) is 0. The van der Waals surface area contributed by atoms with E-state index in [0.717, 1.165) is 11.1 Å². The van der Waals surface area contributed by atoms with E-state index >= 15 is 0 Å². The van der Waals surface area contributed by atoms with E-state index in [1.807, 2.05) is 6.08 Å². The van der Waals surface area contributed by atoms with Crippen molar-refractivity contribution in [1.29, 1.82) is 0 Å². The Morgan fingerprint density at radius 1 is 1.17 bits per heavy atom. The molecule has 1 rings (SSSR count). The lowest BCUT2D eigenvalue weighted by molar-refractivity contribution is 0.299. The number of hydrogen-bond donors (Lipinski definition) is 2. The Morgan fingerprint density at radius 2 is 1.92 bits per heavy atom. The zero-order chi connectivity index (χ0) is 8.81. The van der Waals surface area contributed by atoms with Crippen molar-refractivity contribution in [2.45, 2.75) is 12.8 Å². The van der Waals surface area contributed by atoms with Crippen molar-refractivity contribution in [1.82, 2.24) is 0 Å². The molecule has 0 aliphatic heterocycles. The molecule has 0 aromatic rings. The van der Waals surface area contributed by atoms with E-state index in [1.54, 1.807) is 6.08 Å². The molecule has 0 aromatic carbocycles. The second-order valence-electron chi connectivity index (χ2n) is 2.61. The predicted octanol–water partition coefficient (Wildman–Crippen LogP) is 0.928. The Hall–Kier alpha value is -1.04. The van der Waals surface area contributed by atoms with Crippen LogP contribution in [0.2, 0.25) is 0 Å². The fraction of sp³-hybridized carbons (Fsp3) is 0.400. The largest absolute Gasteiger partial charge is 0.396 e. The zero-order valence-electron chi connectivity index (χ0n) is 6.88. The van der Waals surface area contributed by atoms with E-state index in [9.17, 15) is 0 Å². The van der Waals surface area contributed by atoms with Gasteiger partial charge in [-0.25, -0.2) is 0 Å². The predicted molar refractivity (Wildman–Crippen MR) is 46.6 cm³/mol.